The van der Waals surface area contributed by atoms with E-state index in [1.54, 1.807) is 6.92 Å². The lowest BCUT2D eigenvalue weighted by Crippen LogP contribution is -2.55. The molecule has 25 heavy (non-hydrogen) atoms. The van der Waals surface area contributed by atoms with Gasteiger partial charge in [-0.1, -0.05) is 19.4 Å². The van der Waals surface area contributed by atoms with Crippen LogP contribution in [0.5, 0.6) is 0 Å². The van der Waals surface area contributed by atoms with Crippen LogP contribution in [0, 0.1) is 28.6 Å². The van der Waals surface area contributed by atoms with Crippen molar-refractivity contribution < 1.29 is 14.7 Å². The van der Waals surface area contributed by atoms with Crippen molar-refractivity contribution in [3.8, 4) is 0 Å². The van der Waals surface area contributed by atoms with Crippen molar-refractivity contribution in [2.24, 2.45) is 28.6 Å². The molecule has 0 unspecified atom stereocenters. The van der Waals surface area contributed by atoms with Crippen LogP contribution in [-0.2, 0) is 9.59 Å². The zero-order valence-corrected chi connectivity index (χ0v) is 15.7. The highest BCUT2D eigenvalue weighted by Gasteiger charge is 2.61. The Hall–Kier alpha value is -1.16. The van der Waals surface area contributed by atoms with E-state index in [4.69, 9.17) is 0 Å². The third kappa shape index (κ3) is 2.43. The molecule has 1 amide bonds. The summed E-state index contributed by atoms with van der Waals surface area (Å²) >= 11 is 0. The summed E-state index contributed by atoms with van der Waals surface area (Å²) in [5.74, 6) is 1.94. The molecule has 2 N–H and O–H groups in total. The molecule has 4 nitrogen and oxygen atoms in total. The van der Waals surface area contributed by atoms with Crippen molar-refractivity contribution in [2.45, 2.75) is 77.9 Å². The van der Waals surface area contributed by atoms with E-state index in [2.05, 4.69) is 19.2 Å². The monoisotopic (exact) mass is 345 g/mol. The molecule has 0 radical (unpaired) electrons. The molecule has 138 valence electrons. The SMILES string of the molecule is CC(=O)N[C@H]1[C@@H](O)C[C@@H]2[C@H]3CCC4=CC(=O)CC[C@]4(C)[C@@H]3CC[C@@]21C. The number of hydrogen-bond donors (Lipinski definition) is 2. The fraction of sp³-hybridized carbons (Fsp3) is 0.810. The van der Waals surface area contributed by atoms with Gasteiger partial charge in [0.2, 0.25) is 5.91 Å². The first-order chi connectivity index (χ1) is 11.8. The van der Waals surface area contributed by atoms with Crippen LogP contribution in [0.3, 0.4) is 0 Å². The van der Waals surface area contributed by atoms with Gasteiger partial charge in [-0.2, -0.15) is 0 Å². The van der Waals surface area contributed by atoms with Gasteiger partial charge >= 0.3 is 0 Å². The number of nitrogens with one attached hydrogen (secondary N) is 1. The lowest BCUT2D eigenvalue weighted by molar-refractivity contribution is -0.122. The van der Waals surface area contributed by atoms with E-state index in [0.29, 0.717) is 30.0 Å². The van der Waals surface area contributed by atoms with Crippen LogP contribution in [0.15, 0.2) is 11.6 Å². The molecular formula is C21H31NO3. The number of carbonyl (C=O) groups is 2. The highest BCUT2D eigenvalue weighted by atomic mass is 16.3. The molecular weight excluding hydrogens is 314 g/mol. The van der Waals surface area contributed by atoms with Gasteiger partial charge < -0.3 is 10.4 Å². The van der Waals surface area contributed by atoms with Gasteiger partial charge in [0.15, 0.2) is 5.78 Å². The zero-order valence-electron chi connectivity index (χ0n) is 15.7. The smallest absolute Gasteiger partial charge is 0.217 e. The second kappa shape index (κ2) is 5.67. The lowest BCUT2D eigenvalue weighted by Gasteiger charge is -2.58. The van der Waals surface area contributed by atoms with E-state index in [0.717, 1.165) is 38.5 Å². The van der Waals surface area contributed by atoms with Crippen molar-refractivity contribution in [1.82, 2.24) is 5.32 Å². The number of aliphatic hydroxyl groups is 1. The summed E-state index contributed by atoms with van der Waals surface area (Å²) in [7, 11) is 0. The maximum absolute atomic E-state index is 11.9. The highest BCUT2D eigenvalue weighted by Crippen LogP contribution is 2.65. The zero-order chi connectivity index (χ0) is 18.0. The quantitative estimate of drug-likeness (QED) is 0.768. The van der Waals surface area contributed by atoms with E-state index in [-0.39, 0.29) is 22.8 Å². The molecule has 3 saturated carbocycles. The summed E-state index contributed by atoms with van der Waals surface area (Å²) in [6, 6.07) is -0.117. The lowest BCUT2D eigenvalue weighted by atomic mass is 9.47. The summed E-state index contributed by atoms with van der Waals surface area (Å²) in [6.07, 6.45) is 8.32. The number of fused-ring (bicyclic) bond motifs is 5. The number of carbonyl (C=O) groups excluding carboxylic acids is 2. The van der Waals surface area contributed by atoms with Crippen LogP contribution in [0.2, 0.25) is 0 Å². The Morgan fingerprint density at radius 2 is 1.96 bits per heavy atom. The number of allylic oxidation sites excluding steroid dienone is 1. The molecule has 3 fully saturated rings. The van der Waals surface area contributed by atoms with E-state index >= 15 is 0 Å². The predicted octanol–water partition coefficient (Wildman–Crippen LogP) is 2.99. The average molecular weight is 345 g/mol. The van der Waals surface area contributed by atoms with E-state index in [1.165, 1.54) is 5.57 Å². The van der Waals surface area contributed by atoms with Gasteiger partial charge in [-0.3, -0.25) is 9.59 Å². The minimum atomic E-state index is -0.435. The summed E-state index contributed by atoms with van der Waals surface area (Å²) < 4.78 is 0. The third-order valence-corrected chi connectivity index (χ3v) is 8.35. The number of hydrogen-bond acceptors (Lipinski definition) is 3. The molecule has 0 aromatic carbocycles. The van der Waals surface area contributed by atoms with Crippen LogP contribution in [0.1, 0.15) is 65.7 Å². The third-order valence-electron chi connectivity index (χ3n) is 8.35. The molecule has 7 atom stereocenters. The Bertz CT molecular complexity index is 641. The first kappa shape index (κ1) is 17.3. The standard InChI is InChI=1S/C21H31NO3/c1-12(23)22-19-18(25)11-17-15-5-4-13-10-14(24)6-8-20(13,2)16(15)7-9-21(17,19)3/h10,15-19,25H,4-9,11H2,1-3H3,(H,22,23)/t15-,16+,17+,18-,19-,20-,21-/m0/s1. The van der Waals surface area contributed by atoms with Crippen molar-refractivity contribution in [2.75, 3.05) is 0 Å². The van der Waals surface area contributed by atoms with Gasteiger partial charge in [0, 0.05) is 13.3 Å². The molecule has 4 aliphatic rings. The molecule has 0 heterocycles. The van der Waals surface area contributed by atoms with Gasteiger partial charge in [-0.25, -0.2) is 0 Å². The van der Waals surface area contributed by atoms with E-state index in [9.17, 15) is 14.7 Å². The van der Waals surface area contributed by atoms with Crippen LogP contribution in [0.25, 0.3) is 0 Å². The Labute approximate surface area is 150 Å². The predicted molar refractivity (Wildman–Crippen MR) is 95.7 cm³/mol. The fourth-order valence-corrected chi connectivity index (χ4v) is 7.05. The molecule has 4 heteroatoms. The second-order valence-corrected chi connectivity index (χ2v) is 9.49. The normalized spacial score (nSPS) is 48.9. The fourth-order valence-electron chi connectivity index (χ4n) is 7.05. The number of aliphatic hydroxyl groups excluding tert-OH is 1. The molecule has 0 aliphatic heterocycles. The molecule has 0 aromatic rings. The van der Waals surface area contributed by atoms with E-state index < -0.39 is 6.10 Å². The maximum Gasteiger partial charge on any atom is 0.217 e. The minimum Gasteiger partial charge on any atom is -0.391 e. The number of ketones is 1. The Morgan fingerprint density at radius 3 is 2.68 bits per heavy atom. The van der Waals surface area contributed by atoms with Crippen molar-refractivity contribution >= 4 is 11.7 Å². The van der Waals surface area contributed by atoms with Crippen molar-refractivity contribution in [3.05, 3.63) is 11.6 Å². The Kier molecular flexibility index (Phi) is 3.91. The molecule has 4 aliphatic carbocycles. The summed E-state index contributed by atoms with van der Waals surface area (Å²) in [5.41, 5.74) is 1.54. The van der Waals surface area contributed by atoms with Crippen LogP contribution in [-0.4, -0.2) is 28.9 Å². The molecule has 0 aromatic heterocycles. The van der Waals surface area contributed by atoms with Gasteiger partial charge in [0.05, 0.1) is 12.1 Å². The summed E-state index contributed by atoms with van der Waals surface area (Å²) in [5, 5.41) is 13.7. The van der Waals surface area contributed by atoms with Crippen LogP contribution < -0.4 is 5.32 Å². The van der Waals surface area contributed by atoms with E-state index in [1.807, 2.05) is 6.08 Å². The highest BCUT2D eigenvalue weighted by molar-refractivity contribution is 5.91. The maximum atomic E-state index is 11.9. The Balaban J connectivity index is 1.65. The van der Waals surface area contributed by atoms with Gasteiger partial charge in [-0.15, -0.1) is 0 Å². The first-order valence-electron chi connectivity index (χ1n) is 9.95. The molecule has 4 rings (SSSR count). The minimum absolute atomic E-state index is 0.00564. The first-order valence-corrected chi connectivity index (χ1v) is 9.95. The van der Waals surface area contributed by atoms with Gasteiger partial charge in [0.25, 0.3) is 0 Å². The number of amides is 1. The van der Waals surface area contributed by atoms with Gasteiger partial charge in [-0.05, 0) is 73.2 Å². The topological polar surface area (TPSA) is 66.4 Å². The van der Waals surface area contributed by atoms with Crippen molar-refractivity contribution in [1.29, 1.82) is 0 Å². The molecule has 0 spiro atoms. The van der Waals surface area contributed by atoms with Crippen molar-refractivity contribution in [3.63, 3.8) is 0 Å². The Morgan fingerprint density at radius 1 is 1.20 bits per heavy atom. The average Bonchev–Trinajstić information content (AvgIpc) is 2.79. The largest absolute Gasteiger partial charge is 0.391 e. The van der Waals surface area contributed by atoms with Gasteiger partial charge in [0.1, 0.15) is 0 Å². The second-order valence-electron chi connectivity index (χ2n) is 9.49. The molecule has 0 bridgehead atoms. The summed E-state index contributed by atoms with van der Waals surface area (Å²) in [6.45, 7) is 6.21. The summed E-state index contributed by atoms with van der Waals surface area (Å²) in [4.78, 5) is 23.5. The van der Waals surface area contributed by atoms with Crippen LogP contribution in [0.4, 0.5) is 0 Å². The molecule has 0 saturated heterocycles. The van der Waals surface area contributed by atoms with Crippen LogP contribution >= 0.6 is 0 Å². The number of rotatable bonds is 1.